The molecule has 3 aliphatic heterocycles. The molecule has 6 rings (SSSR count). The summed E-state index contributed by atoms with van der Waals surface area (Å²) in [5.41, 5.74) is 6.86. The SMILES string of the molecule is CC1(C)O[C@@H]2[C@H](O1)[C@@H](CO/C([O-])=N/c1c[n+](N3CCOCC3)no1)O[C@H]2n1cnc2c(N)ncnc21. The zero-order valence-electron chi connectivity index (χ0n) is 19.6. The molecule has 16 heteroatoms. The summed E-state index contributed by atoms with van der Waals surface area (Å²) >= 11 is 0. The summed E-state index contributed by atoms with van der Waals surface area (Å²) in [7, 11) is 0. The van der Waals surface area contributed by atoms with E-state index in [0.717, 1.165) is 0 Å². The number of imidazole rings is 1. The van der Waals surface area contributed by atoms with Crippen LogP contribution in [0.15, 0.2) is 28.4 Å². The first-order valence-corrected chi connectivity index (χ1v) is 11.4. The molecule has 0 aromatic carbocycles. The largest absolute Gasteiger partial charge is 0.597 e. The predicted octanol–water partition coefficient (Wildman–Crippen LogP) is -1.87. The number of anilines is 1. The van der Waals surface area contributed by atoms with E-state index in [4.69, 9.17) is 33.9 Å². The van der Waals surface area contributed by atoms with Crippen LogP contribution >= 0.6 is 0 Å². The molecule has 3 saturated heterocycles. The third kappa shape index (κ3) is 4.17. The second kappa shape index (κ2) is 8.81. The highest BCUT2D eigenvalue weighted by molar-refractivity contribution is 5.81. The predicted molar refractivity (Wildman–Crippen MR) is 116 cm³/mol. The lowest BCUT2D eigenvalue weighted by molar-refractivity contribution is -0.759. The maximum atomic E-state index is 12.4. The van der Waals surface area contributed by atoms with Gasteiger partial charge in [0.15, 0.2) is 29.6 Å². The van der Waals surface area contributed by atoms with E-state index in [9.17, 15) is 5.11 Å². The van der Waals surface area contributed by atoms with Gasteiger partial charge in [0.25, 0.3) is 6.20 Å². The number of nitrogens with zero attached hydrogens (tertiary/aromatic N) is 8. The van der Waals surface area contributed by atoms with Crippen LogP contribution in [0.25, 0.3) is 11.2 Å². The smallest absolute Gasteiger partial charge is 0.326 e. The minimum atomic E-state index is -0.860. The number of nitrogen functional groups attached to an aromatic ring is 1. The number of nitrogens with two attached hydrogens (primary N) is 1. The Balaban J connectivity index is 1.16. The molecular formula is C20H25N9O7. The van der Waals surface area contributed by atoms with Crippen LogP contribution in [0.2, 0.25) is 0 Å². The van der Waals surface area contributed by atoms with Gasteiger partial charge in [-0.1, -0.05) is 0 Å². The zero-order chi connectivity index (χ0) is 24.9. The Morgan fingerprint density at radius 2 is 2.06 bits per heavy atom. The van der Waals surface area contributed by atoms with Gasteiger partial charge in [0.1, 0.15) is 24.1 Å². The first kappa shape index (κ1) is 22.8. The van der Waals surface area contributed by atoms with Crippen molar-refractivity contribution in [2.75, 3.05) is 43.7 Å². The van der Waals surface area contributed by atoms with Crippen LogP contribution in [-0.2, 0) is 23.7 Å². The van der Waals surface area contributed by atoms with Crippen molar-refractivity contribution < 1.29 is 38.1 Å². The number of aromatic nitrogens is 6. The topological polar surface area (TPSA) is 184 Å². The van der Waals surface area contributed by atoms with E-state index in [-0.39, 0.29) is 18.3 Å². The molecule has 16 nitrogen and oxygen atoms in total. The average Bonchev–Trinajstić information content (AvgIpc) is 3.62. The number of morpholine rings is 1. The van der Waals surface area contributed by atoms with E-state index < -0.39 is 36.4 Å². The van der Waals surface area contributed by atoms with Crippen LogP contribution in [0, 0.1) is 0 Å². The monoisotopic (exact) mass is 503 g/mol. The van der Waals surface area contributed by atoms with Crippen LogP contribution in [-0.4, -0.2) is 87.9 Å². The lowest BCUT2D eigenvalue weighted by atomic mass is 10.1. The summed E-state index contributed by atoms with van der Waals surface area (Å²) in [5.74, 6) is -0.591. The highest BCUT2D eigenvalue weighted by Crippen LogP contribution is 2.43. The van der Waals surface area contributed by atoms with Crippen LogP contribution in [0.1, 0.15) is 20.1 Å². The van der Waals surface area contributed by atoms with Crippen LogP contribution in [0.5, 0.6) is 0 Å². The molecule has 6 heterocycles. The first-order chi connectivity index (χ1) is 17.4. The van der Waals surface area contributed by atoms with E-state index in [1.807, 2.05) is 5.01 Å². The molecule has 3 fully saturated rings. The molecule has 2 N–H and O–H groups in total. The molecule has 0 radical (unpaired) electrons. The third-order valence-corrected chi connectivity index (χ3v) is 6.08. The molecule has 0 aliphatic carbocycles. The van der Waals surface area contributed by atoms with E-state index >= 15 is 0 Å². The van der Waals surface area contributed by atoms with E-state index in [1.54, 1.807) is 24.7 Å². The number of fused-ring (bicyclic) bond motifs is 2. The lowest BCUT2D eigenvalue weighted by Crippen LogP contribution is -2.62. The van der Waals surface area contributed by atoms with Crippen molar-refractivity contribution in [3.8, 4) is 0 Å². The second-order valence-electron chi connectivity index (χ2n) is 8.93. The van der Waals surface area contributed by atoms with Gasteiger partial charge in [-0.25, -0.2) is 15.0 Å². The third-order valence-electron chi connectivity index (χ3n) is 6.08. The molecule has 4 atom stereocenters. The number of aliphatic imine (C=N–C) groups is 1. The zero-order valence-corrected chi connectivity index (χ0v) is 19.6. The van der Waals surface area contributed by atoms with Crippen LogP contribution in [0.4, 0.5) is 11.7 Å². The van der Waals surface area contributed by atoms with Crippen molar-refractivity contribution in [3.05, 3.63) is 18.9 Å². The van der Waals surface area contributed by atoms with Gasteiger partial charge in [-0.2, -0.15) is 4.99 Å². The van der Waals surface area contributed by atoms with Crippen molar-refractivity contribution in [2.24, 2.45) is 4.99 Å². The van der Waals surface area contributed by atoms with Gasteiger partial charge in [0, 0.05) is 6.61 Å². The van der Waals surface area contributed by atoms with Gasteiger partial charge in [-0.3, -0.25) is 9.09 Å². The molecule has 0 saturated carbocycles. The fourth-order valence-corrected chi connectivity index (χ4v) is 4.52. The van der Waals surface area contributed by atoms with Gasteiger partial charge in [0.2, 0.25) is 5.27 Å². The normalized spacial score (nSPS) is 28.1. The quantitative estimate of drug-likeness (QED) is 0.232. The molecule has 3 aliphatic rings. The lowest BCUT2D eigenvalue weighted by Gasteiger charge is -2.26. The standard InChI is InChI=1S/C20H25N9O7/c1-20(2)34-14-11(8-32-19(30)25-12-7-29(26-36-12)27-3-5-31-6-4-27)33-18(15(14)35-20)28-10-24-13-16(21)22-9-23-17(13)28/h7,9-11,14-15,18H,3-6,8H2,1-2H3,(H2-,21,22,23,25,26,30)/t11-,14-,15-,18-/m1/s1. The summed E-state index contributed by atoms with van der Waals surface area (Å²) in [4.78, 5) is 17.9. The summed E-state index contributed by atoms with van der Waals surface area (Å²) in [6.07, 6.45) is 1.27. The number of ether oxygens (including phenoxy) is 5. The Labute approximate surface area is 204 Å². The maximum absolute atomic E-state index is 12.4. The van der Waals surface area contributed by atoms with Crippen LogP contribution in [0.3, 0.4) is 0 Å². The second-order valence-corrected chi connectivity index (χ2v) is 8.93. The summed E-state index contributed by atoms with van der Waals surface area (Å²) in [6, 6.07) is 0. The minimum Gasteiger partial charge on any atom is -0.597 e. The van der Waals surface area contributed by atoms with Crippen molar-refractivity contribution >= 4 is 28.9 Å². The molecule has 3 aromatic rings. The summed E-state index contributed by atoms with van der Waals surface area (Å²) in [6.45, 7) is 5.94. The minimum absolute atomic E-state index is 0.0123. The summed E-state index contributed by atoms with van der Waals surface area (Å²) in [5, 5.41) is 18.2. The average molecular weight is 503 g/mol. The highest BCUT2D eigenvalue weighted by Gasteiger charge is 2.55. The van der Waals surface area contributed by atoms with Crippen molar-refractivity contribution in [3.63, 3.8) is 0 Å². The fraction of sp³-hybridized carbons (Fsp3) is 0.600. The Morgan fingerprint density at radius 3 is 2.89 bits per heavy atom. The van der Waals surface area contributed by atoms with Crippen LogP contribution < -0.4 is 20.6 Å². The molecule has 36 heavy (non-hydrogen) atoms. The number of hydrogen-bond donors (Lipinski definition) is 1. The number of rotatable bonds is 5. The van der Waals surface area contributed by atoms with Crippen molar-refractivity contribution in [1.29, 1.82) is 0 Å². The summed E-state index contributed by atoms with van der Waals surface area (Å²) < 4.78 is 35.9. The molecule has 0 unspecified atom stereocenters. The first-order valence-electron chi connectivity index (χ1n) is 11.4. The van der Waals surface area contributed by atoms with Crippen molar-refractivity contribution in [2.45, 2.75) is 44.2 Å². The Bertz CT molecular complexity index is 1270. The molecule has 0 spiro atoms. The molecule has 192 valence electrons. The van der Waals surface area contributed by atoms with Gasteiger partial charge >= 0.3 is 5.88 Å². The van der Waals surface area contributed by atoms with E-state index in [2.05, 4.69) is 25.2 Å². The van der Waals surface area contributed by atoms with Gasteiger partial charge < -0.3 is 34.5 Å². The van der Waals surface area contributed by atoms with Gasteiger partial charge in [0.05, 0.1) is 43.5 Å². The van der Waals surface area contributed by atoms with E-state index in [0.29, 0.717) is 37.5 Å². The Morgan fingerprint density at radius 1 is 1.25 bits per heavy atom. The maximum Gasteiger partial charge on any atom is 0.326 e. The molecule has 0 bridgehead atoms. The van der Waals surface area contributed by atoms with E-state index in [1.165, 1.54) is 17.3 Å². The number of hydrogen-bond acceptors (Lipinski definition) is 14. The van der Waals surface area contributed by atoms with Gasteiger partial charge in [-0.05, 0) is 13.8 Å². The molecule has 3 aromatic heterocycles. The Kier molecular flexibility index (Phi) is 5.59. The Hall–Kier alpha value is -3.60. The molecular weight excluding hydrogens is 478 g/mol. The van der Waals surface area contributed by atoms with Gasteiger partial charge in [-0.15, -0.1) is 5.01 Å². The fourth-order valence-electron chi connectivity index (χ4n) is 4.52. The van der Waals surface area contributed by atoms with Crippen molar-refractivity contribution in [1.82, 2.24) is 24.8 Å². The molecule has 0 amide bonds. The highest BCUT2D eigenvalue weighted by atomic mass is 16.8.